The van der Waals surface area contributed by atoms with Crippen molar-refractivity contribution < 1.29 is 14.5 Å². The van der Waals surface area contributed by atoms with Crippen molar-refractivity contribution in [2.45, 2.75) is 6.42 Å². The first-order valence-electron chi connectivity index (χ1n) is 6.12. The van der Waals surface area contributed by atoms with Crippen LogP contribution in [0, 0.1) is 10.1 Å². The minimum Gasteiger partial charge on any atom is -0.356 e. The van der Waals surface area contributed by atoms with Gasteiger partial charge in [-0.25, -0.2) is 0 Å². The number of aromatic nitrogens is 1. The zero-order chi connectivity index (χ0) is 16.1. The standard InChI is InChI=1S/C13H11BrN4O4/c14-9-6-11(15-7-9)13(20)17-16-12(19)5-8-1-3-10(4-2-8)18(21)22/h1-4,6-7,15H,5H2,(H,16,19)(H,17,20). The predicted octanol–water partition coefficient (Wildman–Crippen LogP) is 1.69. The lowest BCUT2D eigenvalue weighted by Crippen LogP contribution is -2.42. The van der Waals surface area contributed by atoms with Crippen molar-refractivity contribution >= 4 is 33.4 Å². The number of carbonyl (C=O) groups is 2. The third kappa shape index (κ3) is 4.16. The van der Waals surface area contributed by atoms with E-state index in [0.29, 0.717) is 11.3 Å². The number of hydrogen-bond donors (Lipinski definition) is 3. The Bertz CT molecular complexity index is 711. The highest BCUT2D eigenvalue weighted by Crippen LogP contribution is 2.12. The number of halogens is 1. The van der Waals surface area contributed by atoms with Gasteiger partial charge in [-0.15, -0.1) is 0 Å². The molecule has 0 atom stereocenters. The largest absolute Gasteiger partial charge is 0.356 e. The van der Waals surface area contributed by atoms with Crippen LogP contribution in [0.25, 0.3) is 0 Å². The van der Waals surface area contributed by atoms with Crippen molar-refractivity contribution in [2.24, 2.45) is 0 Å². The summed E-state index contributed by atoms with van der Waals surface area (Å²) in [7, 11) is 0. The number of aromatic amines is 1. The summed E-state index contributed by atoms with van der Waals surface area (Å²) in [6, 6.07) is 7.18. The average molecular weight is 367 g/mol. The van der Waals surface area contributed by atoms with Gasteiger partial charge in [-0.3, -0.25) is 30.6 Å². The molecular formula is C13H11BrN4O4. The summed E-state index contributed by atoms with van der Waals surface area (Å²) in [6.07, 6.45) is 1.58. The number of rotatable bonds is 4. The first kappa shape index (κ1) is 15.7. The third-order valence-corrected chi connectivity index (χ3v) is 3.18. The van der Waals surface area contributed by atoms with E-state index in [2.05, 4.69) is 31.8 Å². The zero-order valence-electron chi connectivity index (χ0n) is 11.1. The van der Waals surface area contributed by atoms with Crippen LogP contribution in [0.1, 0.15) is 16.1 Å². The second-order valence-corrected chi connectivity index (χ2v) is 5.25. The average Bonchev–Trinajstić information content (AvgIpc) is 2.92. The summed E-state index contributed by atoms with van der Waals surface area (Å²) in [6.45, 7) is 0. The monoisotopic (exact) mass is 366 g/mol. The number of hydrogen-bond acceptors (Lipinski definition) is 4. The highest BCUT2D eigenvalue weighted by atomic mass is 79.9. The third-order valence-electron chi connectivity index (χ3n) is 2.72. The SMILES string of the molecule is O=C(Cc1ccc([N+](=O)[O-])cc1)NNC(=O)c1cc(Br)c[nH]1. The highest BCUT2D eigenvalue weighted by Gasteiger charge is 2.10. The van der Waals surface area contributed by atoms with Gasteiger partial charge in [0.2, 0.25) is 5.91 Å². The van der Waals surface area contributed by atoms with E-state index >= 15 is 0 Å². The molecule has 0 spiro atoms. The van der Waals surface area contributed by atoms with Crippen LogP contribution in [0.15, 0.2) is 41.0 Å². The summed E-state index contributed by atoms with van der Waals surface area (Å²) in [5.41, 5.74) is 5.38. The molecule has 9 heteroatoms. The summed E-state index contributed by atoms with van der Waals surface area (Å²) in [5, 5.41) is 10.5. The maximum Gasteiger partial charge on any atom is 0.286 e. The van der Waals surface area contributed by atoms with Crippen LogP contribution in [-0.2, 0) is 11.2 Å². The predicted molar refractivity (Wildman–Crippen MR) is 80.9 cm³/mol. The molecule has 22 heavy (non-hydrogen) atoms. The molecule has 2 aromatic rings. The molecule has 2 amide bonds. The molecule has 1 aromatic heterocycles. The van der Waals surface area contributed by atoms with E-state index in [0.717, 1.165) is 4.47 Å². The quantitative estimate of drug-likeness (QED) is 0.563. The summed E-state index contributed by atoms with van der Waals surface area (Å²) in [4.78, 5) is 36.1. The Morgan fingerprint density at radius 3 is 2.45 bits per heavy atom. The van der Waals surface area contributed by atoms with E-state index in [4.69, 9.17) is 0 Å². The van der Waals surface area contributed by atoms with Crippen molar-refractivity contribution in [3.05, 3.63) is 62.4 Å². The second-order valence-electron chi connectivity index (χ2n) is 4.33. The topological polar surface area (TPSA) is 117 Å². The van der Waals surface area contributed by atoms with E-state index in [9.17, 15) is 19.7 Å². The Kier molecular flexibility index (Phi) is 4.89. The maximum absolute atomic E-state index is 11.7. The molecule has 0 aliphatic rings. The molecule has 0 saturated carbocycles. The minimum absolute atomic E-state index is 0.00725. The second kappa shape index (κ2) is 6.85. The first-order valence-corrected chi connectivity index (χ1v) is 6.91. The smallest absolute Gasteiger partial charge is 0.286 e. The van der Waals surface area contributed by atoms with Crippen molar-refractivity contribution in [3.8, 4) is 0 Å². The van der Waals surface area contributed by atoms with Gasteiger partial charge in [-0.2, -0.15) is 0 Å². The number of nitrogens with zero attached hydrogens (tertiary/aromatic N) is 1. The van der Waals surface area contributed by atoms with Crippen LogP contribution >= 0.6 is 15.9 Å². The molecule has 0 aliphatic heterocycles. The van der Waals surface area contributed by atoms with Gasteiger partial charge >= 0.3 is 0 Å². The minimum atomic E-state index is -0.515. The summed E-state index contributed by atoms with van der Waals surface area (Å²) < 4.78 is 0.717. The normalized spacial score (nSPS) is 10.0. The van der Waals surface area contributed by atoms with Gasteiger partial charge < -0.3 is 4.98 Å². The number of nitro groups is 1. The molecule has 3 N–H and O–H groups in total. The van der Waals surface area contributed by atoms with E-state index in [-0.39, 0.29) is 12.1 Å². The molecule has 114 valence electrons. The lowest BCUT2D eigenvalue weighted by Gasteiger charge is -2.06. The van der Waals surface area contributed by atoms with Gasteiger partial charge in [-0.05, 0) is 27.6 Å². The molecule has 1 heterocycles. The number of nitro benzene ring substituents is 1. The Labute approximate surface area is 133 Å². The summed E-state index contributed by atoms with van der Waals surface area (Å²) in [5.74, 6) is -0.921. The van der Waals surface area contributed by atoms with E-state index in [1.165, 1.54) is 24.3 Å². The lowest BCUT2D eigenvalue weighted by atomic mass is 10.1. The van der Waals surface area contributed by atoms with Gasteiger partial charge in [0, 0.05) is 22.8 Å². The molecule has 0 fully saturated rings. The lowest BCUT2D eigenvalue weighted by molar-refractivity contribution is -0.384. The van der Waals surface area contributed by atoms with Gasteiger partial charge in [-0.1, -0.05) is 12.1 Å². The van der Waals surface area contributed by atoms with Gasteiger partial charge in [0.05, 0.1) is 11.3 Å². The fourth-order valence-corrected chi connectivity index (χ4v) is 2.00. The molecule has 0 unspecified atom stereocenters. The van der Waals surface area contributed by atoms with Crippen LogP contribution in [0.4, 0.5) is 5.69 Å². The number of amides is 2. The Morgan fingerprint density at radius 2 is 1.91 bits per heavy atom. The maximum atomic E-state index is 11.7. The van der Waals surface area contributed by atoms with Crippen molar-refractivity contribution in [1.29, 1.82) is 0 Å². The number of H-pyrrole nitrogens is 1. The fraction of sp³-hybridized carbons (Fsp3) is 0.0769. The van der Waals surface area contributed by atoms with E-state index in [1.807, 2.05) is 0 Å². The zero-order valence-corrected chi connectivity index (χ0v) is 12.7. The van der Waals surface area contributed by atoms with Crippen LogP contribution in [0.5, 0.6) is 0 Å². The Balaban J connectivity index is 1.85. The van der Waals surface area contributed by atoms with Crippen molar-refractivity contribution in [2.75, 3.05) is 0 Å². The number of carbonyl (C=O) groups excluding carboxylic acids is 2. The molecule has 1 aromatic carbocycles. The number of hydrazine groups is 1. The van der Waals surface area contributed by atoms with Crippen LogP contribution in [-0.4, -0.2) is 21.7 Å². The summed E-state index contributed by atoms with van der Waals surface area (Å²) >= 11 is 3.19. The van der Waals surface area contributed by atoms with Gasteiger partial charge in [0.15, 0.2) is 0 Å². The van der Waals surface area contributed by atoms with Crippen molar-refractivity contribution in [3.63, 3.8) is 0 Å². The van der Waals surface area contributed by atoms with Gasteiger partial charge in [0.25, 0.3) is 11.6 Å². The molecular weight excluding hydrogens is 356 g/mol. The molecule has 0 aliphatic carbocycles. The molecule has 0 radical (unpaired) electrons. The first-order chi connectivity index (χ1) is 10.5. The molecule has 0 bridgehead atoms. The van der Waals surface area contributed by atoms with Crippen LogP contribution < -0.4 is 10.9 Å². The number of benzene rings is 1. The van der Waals surface area contributed by atoms with Gasteiger partial charge in [0.1, 0.15) is 5.69 Å². The van der Waals surface area contributed by atoms with Crippen LogP contribution in [0.3, 0.4) is 0 Å². The number of nitrogens with one attached hydrogen (secondary N) is 3. The molecule has 0 saturated heterocycles. The van der Waals surface area contributed by atoms with Crippen LogP contribution in [0.2, 0.25) is 0 Å². The molecule has 8 nitrogen and oxygen atoms in total. The Morgan fingerprint density at radius 1 is 1.23 bits per heavy atom. The number of non-ortho nitro benzene ring substituents is 1. The van der Waals surface area contributed by atoms with E-state index in [1.54, 1.807) is 12.3 Å². The fourth-order valence-electron chi connectivity index (χ4n) is 1.66. The molecule has 2 rings (SSSR count). The van der Waals surface area contributed by atoms with E-state index < -0.39 is 16.7 Å². The van der Waals surface area contributed by atoms with Crippen molar-refractivity contribution in [1.82, 2.24) is 15.8 Å². The highest BCUT2D eigenvalue weighted by molar-refractivity contribution is 9.10. The Hall–Kier alpha value is -2.68.